The maximum Gasteiger partial charge on any atom is 0.229 e. The molecule has 28 heavy (non-hydrogen) atoms. The molecule has 0 bridgehead atoms. The van der Waals surface area contributed by atoms with Crippen molar-refractivity contribution in [1.82, 2.24) is 9.88 Å². The lowest BCUT2D eigenvalue weighted by atomic mass is 9.99. The number of aromatic nitrogens is 1. The maximum absolute atomic E-state index is 10.2. The Bertz CT molecular complexity index is 792. The number of nitrogens with one attached hydrogen (secondary N) is 1. The lowest BCUT2D eigenvalue weighted by Crippen LogP contribution is -2.60. The van der Waals surface area contributed by atoms with Gasteiger partial charge in [0.15, 0.2) is 0 Å². The quantitative estimate of drug-likeness (QED) is 0.402. The molecule has 0 unspecified atom stereocenters. The molecule has 154 valence electrons. The second-order valence-corrected chi connectivity index (χ2v) is 7.11. The topological polar surface area (TPSA) is 118 Å². The molecule has 1 aliphatic heterocycles. The zero-order valence-corrected chi connectivity index (χ0v) is 15.9. The highest BCUT2D eigenvalue weighted by Gasteiger charge is 2.44. The van der Waals surface area contributed by atoms with E-state index in [9.17, 15) is 20.4 Å². The van der Waals surface area contributed by atoms with E-state index in [0.717, 1.165) is 36.0 Å². The SMILES string of the molecule is C=CCN(C)CCc1c[nH]c2cccc(O[C@H]3O[C@H](CO)[C@@H](O)[C@H](O)[C@H]3O)c12. The normalized spacial score (nSPS) is 28.0. The lowest BCUT2D eigenvalue weighted by molar-refractivity contribution is -0.277. The zero-order chi connectivity index (χ0) is 20.3. The molecule has 1 aromatic heterocycles. The molecule has 0 saturated carbocycles. The van der Waals surface area contributed by atoms with Crippen LogP contribution in [-0.2, 0) is 11.2 Å². The molecule has 0 radical (unpaired) electrons. The Morgan fingerprint density at radius 2 is 2.04 bits per heavy atom. The van der Waals surface area contributed by atoms with Crippen LogP contribution in [0.4, 0.5) is 0 Å². The van der Waals surface area contributed by atoms with Crippen LogP contribution in [0.3, 0.4) is 0 Å². The van der Waals surface area contributed by atoms with Crippen molar-refractivity contribution in [3.63, 3.8) is 0 Å². The predicted molar refractivity (Wildman–Crippen MR) is 104 cm³/mol. The monoisotopic (exact) mass is 392 g/mol. The molecule has 1 aliphatic rings. The number of ether oxygens (including phenoxy) is 2. The number of benzene rings is 1. The minimum absolute atomic E-state index is 0.490. The second kappa shape index (κ2) is 9.04. The Morgan fingerprint density at radius 1 is 1.25 bits per heavy atom. The molecule has 5 atom stereocenters. The van der Waals surface area contributed by atoms with Crippen molar-refractivity contribution in [2.45, 2.75) is 37.1 Å². The van der Waals surface area contributed by atoms with E-state index in [-0.39, 0.29) is 0 Å². The van der Waals surface area contributed by atoms with Gasteiger partial charge in [-0.15, -0.1) is 6.58 Å². The number of rotatable bonds is 8. The van der Waals surface area contributed by atoms with Gasteiger partial charge < -0.3 is 39.8 Å². The number of hydrogen-bond acceptors (Lipinski definition) is 7. The Hall–Kier alpha value is -1.94. The molecule has 2 aromatic rings. The van der Waals surface area contributed by atoms with Crippen molar-refractivity contribution in [2.24, 2.45) is 0 Å². The molecular weight excluding hydrogens is 364 g/mol. The number of nitrogens with zero attached hydrogens (tertiary/aromatic N) is 1. The largest absolute Gasteiger partial charge is 0.461 e. The van der Waals surface area contributed by atoms with Crippen molar-refractivity contribution in [2.75, 3.05) is 26.7 Å². The summed E-state index contributed by atoms with van der Waals surface area (Å²) < 4.78 is 11.3. The Morgan fingerprint density at radius 3 is 2.75 bits per heavy atom. The fourth-order valence-corrected chi connectivity index (χ4v) is 3.43. The summed E-state index contributed by atoms with van der Waals surface area (Å²) in [4.78, 5) is 5.36. The summed E-state index contributed by atoms with van der Waals surface area (Å²) in [5, 5.41) is 40.4. The van der Waals surface area contributed by atoms with E-state index in [0.29, 0.717) is 5.75 Å². The summed E-state index contributed by atoms with van der Waals surface area (Å²) in [6.07, 6.45) is -2.02. The van der Waals surface area contributed by atoms with Gasteiger partial charge in [-0.25, -0.2) is 0 Å². The van der Waals surface area contributed by atoms with Crippen molar-refractivity contribution in [3.05, 3.63) is 42.6 Å². The summed E-state index contributed by atoms with van der Waals surface area (Å²) >= 11 is 0. The summed E-state index contributed by atoms with van der Waals surface area (Å²) in [6, 6.07) is 5.49. The Kier molecular flexibility index (Phi) is 6.71. The van der Waals surface area contributed by atoms with E-state index >= 15 is 0 Å². The van der Waals surface area contributed by atoms with E-state index in [1.807, 2.05) is 31.5 Å². The van der Waals surface area contributed by atoms with Crippen LogP contribution in [0.5, 0.6) is 5.75 Å². The lowest BCUT2D eigenvalue weighted by Gasteiger charge is -2.39. The first-order chi connectivity index (χ1) is 13.5. The van der Waals surface area contributed by atoms with Crippen LogP contribution in [0, 0.1) is 0 Å². The number of aliphatic hydroxyl groups is 4. The number of aliphatic hydroxyl groups excluding tert-OH is 4. The van der Waals surface area contributed by atoms with Crippen LogP contribution in [-0.4, -0.2) is 87.8 Å². The molecule has 8 nitrogen and oxygen atoms in total. The number of hydrogen-bond donors (Lipinski definition) is 5. The third-order valence-corrected chi connectivity index (χ3v) is 5.04. The van der Waals surface area contributed by atoms with Crippen LogP contribution < -0.4 is 4.74 Å². The van der Waals surface area contributed by atoms with Crippen molar-refractivity contribution >= 4 is 10.9 Å². The van der Waals surface area contributed by atoms with Gasteiger partial charge in [0, 0.05) is 30.2 Å². The third kappa shape index (κ3) is 4.22. The van der Waals surface area contributed by atoms with E-state index < -0.39 is 37.3 Å². The zero-order valence-electron chi connectivity index (χ0n) is 15.9. The number of likely N-dealkylation sites (N-methyl/N-ethyl adjacent to an activating group) is 1. The van der Waals surface area contributed by atoms with Gasteiger partial charge >= 0.3 is 0 Å². The maximum atomic E-state index is 10.2. The summed E-state index contributed by atoms with van der Waals surface area (Å²) in [6.45, 7) is 4.86. The highest BCUT2D eigenvalue weighted by atomic mass is 16.7. The van der Waals surface area contributed by atoms with E-state index in [4.69, 9.17) is 9.47 Å². The number of fused-ring (bicyclic) bond motifs is 1. The standard InChI is InChI=1S/C20H28N2O6/c1-3-8-22(2)9-7-12-10-21-13-5-4-6-14(16(12)13)27-20-19(26)18(25)17(24)15(11-23)28-20/h3-6,10,15,17-21,23-26H,1,7-9,11H2,2H3/t15-,17-,18+,19-,20+/m1/s1. The molecule has 3 rings (SSSR count). The van der Waals surface area contributed by atoms with Gasteiger partial charge in [-0.2, -0.15) is 0 Å². The highest BCUT2D eigenvalue weighted by Crippen LogP contribution is 2.32. The smallest absolute Gasteiger partial charge is 0.229 e. The van der Waals surface area contributed by atoms with Gasteiger partial charge in [-0.1, -0.05) is 12.1 Å². The summed E-state index contributed by atoms with van der Waals surface area (Å²) in [5.41, 5.74) is 1.93. The molecule has 1 saturated heterocycles. The van der Waals surface area contributed by atoms with Gasteiger partial charge in [0.2, 0.25) is 6.29 Å². The van der Waals surface area contributed by atoms with E-state index in [1.165, 1.54) is 0 Å². The van der Waals surface area contributed by atoms with Crippen LogP contribution in [0.1, 0.15) is 5.56 Å². The molecule has 1 fully saturated rings. The summed E-state index contributed by atoms with van der Waals surface area (Å²) in [7, 11) is 2.02. The molecule has 0 spiro atoms. The van der Waals surface area contributed by atoms with E-state index in [1.54, 1.807) is 6.07 Å². The molecule has 0 aliphatic carbocycles. The van der Waals surface area contributed by atoms with Gasteiger partial charge in [-0.05, 0) is 31.2 Å². The first kappa shape index (κ1) is 20.8. The first-order valence-electron chi connectivity index (χ1n) is 9.31. The second-order valence-electron chi connectivity index (χ2n) is 7.11. The molecular formula is C20H28N2O6. The molecule has 5 N–H and O–H groups in total. The Balaban J connectivity index is 1.82. The van der Waals surface area contributed by atoms with Crippen LogP contribution in [0.15, 0.2) is 37.1 Å². The van der Waals surface area contributed by atoms with Crippen molar-refractivity contribution < 1.29 is 29.9 Å². The van der Waals surface area contributed by atoms with Crippen LogP contribution in [0.2, 0.25) is 0 Å². The first-order valence-corrected chi connectivity index (χ1v) is 9.31. The third-order valence-electron chi connectivity index (χ3n) is 5.04. The van der Waals surface area contributed by atoms with Crippen LogP contribution in [0.25, 0.3) is 10.9 Å². The molecule has 2 heterocycles. The van der Waals surface area contributed by atoms with Gasteiger partial charge in [0.25, 0.3) is 0 Å². The van der Waals surface area contributed by atoms with Gasteiger partial charge in [-0.3, -0.25) is 0 Å². The molecule has 1 aromatic carbocycles. The number of aromatic amines is 1. The van der Waals surface area contributed by atoms with Crippen molar-refractivity contribution in [3.8, 4) is 5.75 Å². The van der Waals surface area contributed by atoms with Crippen molar-refractivity contribution in [1.29, 1.82) is 0 Å². The summed E-state index contributed by atoms with van der Waals surface area (Å²) in [5.74, 6) is 0.490. The highest BCUT2D eigenvalue weighted by molar-refractivity contribution is 5.89. The minimum Gasteiger partial charge on any atom is -0.461 e. The fourth-order valence-electron chi connectivity index (χ4n) is 3.43. The predicted octanol–water partition coefficient (Wildman–Crippen LogP) is 0.00690. The average molecular weight is 392 g/mol. The van der Waals surface area contributed by atoms with Gasteiger partial charge in [0.1, 0.15) is 30.2 Å². The average Bonchev–Trinajstić information content (AvgIpc) is 3.11. The molecule has 0 amide bonds. The fraction of sp³-hybridized carbons (Fsp3) is 0.500. The Labute approximate surface area is 163 Å². The molecule has 8 heteroatoms. The number of H-pyrrole nitrogens is 1. The minimum atomic E-state index is -1.48. The van der Waals surface area contributed by atoms with Gasteiger partial charge in [0.05, 0.1) is 6.61 Å². The van der Waals surface area contributed by atoms with Crippen LogP contribution >= 0.6 is 0 Å². The van der Waals surface area contributed by atoms with E-state index in [2.05, 4.69) is 16.5 Å².